The molecule has 3 unspecified atom stereocenters. The number of aliphatic hydroxyl groups is 3. The third-order valence-electron chi connectivity index (χ3n) is 12.1. The van der Waals surface area contributed by atoms with Crippen LogP contribution >= 0.6 is 0 Å². The lowest BCUT2D eigenvalue weighted by Crippen LogP contribution is -2.46. The van der Waals surface area contributed by atoms with Gasteiger partial charge in [-0.25, -0.2) is 0 Å². The average Bonchev–Trinajstić information content (AvgIpc) is 3.19. The molecular weight excluding hydrogens is 691 g/mol. The molecule has 5 heteroatoms. The first-order valence-electron chi connectivity index (χ1n) is 25.5. The molecule has 0 heterocycles. The minimum absolute atomic E-state index is 0.0403. The number of nitrogens with one attached hydrogen (secondary N) is 1. The van der Waals surface area contributed by atoms with Crippen molar-refractivity contribution in [3.05, 3.63) is 12.2 Å². The fourth-order valence-electron chi connectivity index (χ4n) is 8.17. The van der Waals surface area contributed by atoms with Crippen molar-refractivity contribution < 1.29 is 20.1 Å². The molecule has 0 aromatic carbocycles. The Hall–Kier alpha value is -0.910. The summed E-state index contributed by atoms with van der Waals surface area (Å²) in [4.78, 5) is 12.4. The number of rotatable bonds is 47. The van der Waals surface area contributed by atoms with Gasteiger partial charge in [0.2, 0.25) is 5.91 Å². The molecule has 0 aliphatic heterocycles. The van der Waals surface area contributed by atoms with Crippen LogP contribution in [0.1, 0.15) is 284 Å². The average molecular weight is 792 g/mol. The highest BCUT2D eigenvalue weighted by molar-refractivity contribution is 5.76. The van der Waals surface area contributed by atoms with Gasteiger partial charge in [0.15, 0.2) is 0 Å². The molecule has 0 rings (SSSR count). The van der Waals surface area contributed by atoms with E-state index in [4.69, 9.17) is 0 Å². The number of unbranched alkanes of at least 4 members (excludes halogenated alkanes) is 36. The molecule has 5 nitrogen and oxygen atoms in total. The van der Waals surface area contributed by atoms with E-state index in [0.717, 1.165) is 25.7 Å². The van der Waals surface area contributed by atoms with Gasteiger partial charge >= 0.3 is 0 Å². The molecule has 3 atom stereocenters. The Bertz CT molecular complexity index is 788. The first kappa shape index (κ1) is 55.1. The minimum atomic E-state index is -0.744. The number of carbonyl (C=O) groups excluding carboxylic acids is 1. The van der Waals surface area contributed by atoms with Gasteiger partial charge in [-0.05, 0) is 38.5 Å². The molecule has 0 bridgehead atoms. The van der Waals surface area contributed by atoms with E-state index < -0.39 is 18.2 Å². The van der Waals surface area contributed by atoms with Gasteiger partial charge in [-0.15, -0.1) is 0 Å². The normalized spacial score (nSPS) is 13.4. The maximum Gasteiger partial charge on any atom is 0.222 e. The van der Waals surface area contributed by atoms with E-state index in [1.165, 1.54) is 225 Å². The minimum Gasteiger partial charge on any atom is -0.394 e. The number of hydrogen-bond acceptors (Lipinski definition) is 4. The summed E-state index contributed by atoms with van der Waals surface area (Å²) >= 11 is 0. The van der Waals surface area contributed by atoms with Crippen molar-refractivity contribution in [3.63, 3.8) is 0 Å². The standard InChI is InChI=1S/C51H101NO4/c1-3-5-7-9-11-13-15-16-17-18-19-20-21-22-23-24-25-26-27-28-29-30-31-32-33-34-35-36-38-40-42-44-48(54)46-51(56)52-49(47-53)50(55)45-43-41-39-37-14-12-10-8-6-4-2/h22-23,48-50,53-55H,3-21,24-47H2,1-2H3,(H,52,56)/b23-22-. The summed E-state index contributed by atoms with van der Waals surface area (Å²) in [6.07, 6.45) is 56.5. The van der Waals surface area contributed by atoms with E-state index >= 15 is 0 Å². The fraction of sp³-hybridized carbons (Fsp3) is 0.941. The Morgan fingerprint density at radius 3 is 1.04 bits per heavy atom. The van der Waals surface area contributed by atoms with E-state index in [9.17, 15) is 20.1 Å². The highest BCUT2D eigenvalue weighted by atomic mass is 16.3. The quantitative estimate of drug-likeness (QED) is 0.0365. The third kappa shape index (κ3) is 42.7. The Kier molecular flexibility index (Phi) is 46.0. The van der Waals surface area contributed by atoms with Crippen LogP contribution in [0.5, 0.6) is 0 Å². The number of hydrogen-bond donors (Lipinski definition) is 4. The molecule has 56 heavy (non-hydrogen) atoms. The van der Waals surface area contributed by atoms with E-state index in [2.05, 4.69) is 31.3 Å². The Balaban J connectivity index is 3.45. The van der Waals surface area contributed by atoms with Crippen molar-refractivity contribution in [2.45, 2.75) is 302 Å². The van der Waals surface area contributed by atoms with Gasteiger partial charge in [-0.3, -0.25) is 4.79 Å². The Morgan fingerprint density at radius 1 is 0.429 bits per heavy atom. The first-order chi connectivity index (χ1) is 27.5. The SMILES string of the molecule is CCCCCCCCCCCCCC/C=C\CCCCCCCCCCCCCCCCCC(O)CC(=O)NC(CO)C(O)CCCCCCCCCCCC. The van der Waals surface area contributed by atoms with Crippen LogP contribution < -0.4 is 5.32 Å². The van der Waals surface area contributed by atoms with E-state index in [0.29, 0.717) is 12.8 Å². The molecule has 0 aromatic rings. The van der Waals surface area contributed by atoms with Gasteiger partial charge in [0.05, 0.1) is 31.3 Å². The van der Waals surface area contributed by atoms with Crippen molar-refractivity contribution in [3.8, 4) is 0 Å². The molecule has 0 aromatic heterocycles. The van der Waals surface area contributed by atoms with Crippen molar-refractivity contribution in [1.29, 1.82) is 0 Å². The lowest BCUT2D eigenvalue weighted by atomic mass is 10.0. The molecule has 0 saturated carbocycles. The highest BCUT2D eigenvalue weighted by Crippen LogP contribution is 2.17. The van der Waals surface area contributed by atoms with Gasteiger partial charge in [0.1, 0.15) is 0 Å². The van der Waals surface area contributed by atoms with E-state index in [1.807, 2.05) is 0 Å². The van der Waals surface area contributed by atoms with Crippen LogP contribution in [-0.4, -0.2) is 46.1 Å². The zero-order chi connectivity index (χ0) is 40.8. The van der Waals surface area contributed by atoms with E-state index in [-0.39, 0.29) is 18.9 Å². The molecule has 0 aliphatic rings. The lowest BCUT2D eigenvalue weighted by Gasteiger charge is -2.23. The van der Waals surface area contributed by atoms with Crippen LogP contribution in [0.3, 0.4) is 0 Å². The number of amides is 1. The predicted molar refractivity (Wildman–Crippen MR) is 245 cm³/mol. The summed E-state index contributed by atoms with van der Waals surface area (Å²) in [6, 6.07) is -0.653. The summed E-state index contributed by atoms with van der Waals surface area (Å²) in [5.41, 5.74) is 0. The lowest BCUT2D eigenvalue weighted by molar-refractivity contribution is -0.125. The Morgan fingerprint density at radius 2 is 0.714 bits per heavy atom. The molecule has 0 radical (unpaired) electrons. The van der Waals surface area contributed by atoms with Crippen LogP contribution in [0.15, 0.2) is 12.2 Å². The summed E-state index contributed by atoms with van der Waals surface area (Å²) in [5.74, 6) is -0.280. The summed E-state index contributed by atoms with van der Waals surface area (Å²) < 4.78 is 0. The van der Waals surface area contributed by atoms with Gasteiger partial charge in [-0.1, -0.05) is 251 Å². The maximum atomic E-state index is 12.4. The van der Waals surface area contributed by atoms with Crippen molar-refractivity contribution in [1.82, 2.24) is 5.32 Å². The molecule has 0 aliphatic carbocycles. The molecular formula is C51H101NO4. The molecule has 0 fully saturated rings. The highest BCUT2D eigenvalue weighted by Gasteiger charge is 2.21. The predicted octanol–water partition coefficient (Wildman–Crippen LogP) is 15.2. The van der Waals surface area contributed by atoms with Gasteiger partial charge in [0.25, 0.3) is 0 Å². The molecule has 0 spiro atoms. The maximum absolute atomic E-state index is 12.4. The van der Waals surface area contributed by atoms with Crippen LogP contribution in [0.25, 0.3) is 0 Å². The second-order valence-corrected chi connectivity index (χ2v) is 17.8. The number of carbonyl (C=O) groups is 1. The van der Waals surface area contributed by atoms with Crippen molar-refractivity contribution >= 4 is 5.91 Å². The zero-order valence-electron chi connectivity index (χ0n) is 38.0. The second kappa shape index (κ2) is 46.8. The van der Waals surface area contributed by atoms with Crippen LogP contribution in [0.2, 0.25) is 0 Å². The van der Waals surface area contributed by atoms with Crippen LogP contribution in [0, 0.1) is 0 Å². The second-order valence-electron chi connectivity index (χ2n) is 17.8. The summed E-state index contributed by atoms with van der Waals surface area (Å²) in [7, 11) is 0. The third-order valence-corrected chi connectivity index (χ3v) is 12.1. The fourth-order valence-corrected chi connectivity index (χ4v) is 8.17. The largest absolute Gasteiger partial charge is 0.394 e. The van der Waals surface area contributed by atoms with Crippen LogP contribution in [0.4, 0.5) is 0 Å². The van der Waals surface area contributed by atoms with E-state index in [1.54, 1.807) is 0 Å². The first-order valence-corrected chi connectivity index (χ1v) is 25.5. The monoisotopic (exact) mass is 792 g/mol. The van der Waals surface area contributed by atoms with Gasteiger partial charge in [0, 0.05) is 0 Å². The van der Waals surface area contributed by atoms with Gasteiger partial charge in [-0.2, -0.15) is 0 Å². The van der Waals surface area contributed by atoms with Crippen molar-refractivity contribution in [2.75, 3.05) is 6.61 Å². The molecule has 0 saturated heterocycles. The zero-order valence-corrected chi connectivity index (χ0v) is 38.0. The Labute approximate surface area is 350 Å². The topological polar surface area (TPSA) is 89.8 Å². The molecule has 1 amide bonds. The smallest absolute Gasteiger partial charge is 0.222 e. The van der Waals surface area contributed by atoms with Crippen LogP contribution in [-0.2, 0) is 4.79 Å². The molecule has 334 valence electrons. The van der Waals surface area contributed by atoms with Gasteiger partial charge < -0.3 is 20.6 Å². The summed E-state index contributed by atoms with van der Waals surface area (Å²) in [5, 5.41) is 33.4. The molecule has 4 N–H and O–H groups in total. The van der Waals surface area contributed by atoms with Crippen molar-refractivity contribution in [2.24, 2.45) is 0 Å². The number of aliphatic hydroxyl groups excluding tert-OH is 3. The number of allylic oxidation sites excluding steroid dienone is 2. The summed E-state index contributed by atoms with van der Waals surface area (Å²) in [6.45, 7) is 4.26.